The fourth-order valence-corrected chi connectivity index (χ4v) is 6.36. The van der Waals surface area contributed by atoms with Crippen LogP contribution in [0.3, 0.4) is 0 Å². The van der Waals surface area contributed by atoms with Crippen molar-refractivity contribution < 1.29 is 14.3 Å². The molecule has 3 aliphatic rings. The van der Waals surface area contributed by atoms with Crippen LogP contribution in [0.1, 0.15) is 81.6 Å². The van der Waals surface area contributed by atoms with Gasteiger partial charge in [0, 0.05) is 49.9 Å². The number of carbonyl (C=O) groups excluding carboxylic acids is 2. The molecule has 2 aliphatic heterocycles. The fraction of sp³-hybridized carbons (Fsp3) is 0.680. The zero-order valence-corrected chi connectivity index (χ0v) is 23.2. The molecule has 1 aliphatic carbocycles. The van der Waals surface area contributed by atoms with Crippen molar-refractivity contribution in [1.82, 2.24) is 29.4 Å². The van der Waals surface area contributed by atoms with Crippen LogP contribution < -0.4 is 0 Å². The topological polar surface area (TPSA) is 85.5 Å². The molecule has 9 nitrogen and oxygen atoms in total. The van der Waals surface area contributed by atoms with E-state index < -0.39 is 5.60 Å². The summed E-state index contributed by atoms with van der Waals surface area (Å²) in [7, 11) is 0. The molecule has 0 radical (unpaired) electrons. The minimum absolute atomic E-state index is 0.130. The summed E-state index contributed by atoms with van der Waals surface area (Å²) in [6, 6.07) is 0.653. The second-order valence-corrected chi connectivity index (χ2v) is 12.0. The van der Waals surface area contributed by atoms with Gasteiger partial charge in [0.2, 0.25) is 5.91 Å². The summed E-state index contributed by atoms with van der Waals surface area (Å²) in [5.41, 5.74) is 4.70. The number of hydrogen-bond donors (Lipinski definition) is 0. The predicted molar refractivity (Wildman–Crippen MR) is 139 cm³/mol. The van der Waals surface area contributed by atoms with Crippen LogP contribution in [-0.4, -0.2) is 66.6 Å². The van der Waals surface area contributed by atoms with Gasteiger partial charge in [0.15, 0.2) is 0 Å². The minimum atomic E-state index is -0.468. The van der Waals surface area contributed by atoms with Crippen LogP contribution in [0.5, 0.6) is 0 Å². The number of aromatic nitrogens is 4. The van der Waals surface area contributed by atoms with Crippen molar-refractivity contribution in [2.45, 2.75) is 90.4 Å². The molecule has 2 aromatic rings. The van der Waals surface area contributed by atoms with Crippen LogP contribution >= 0.6 is 22.6 Å². The van der Waals surface area contributed by atoms with Crippen molar-refractivity contribution in [1.29, 1.82) is 0 Å². The van der Waals surface area contributed by atoms with Crippen molar-refractivity contribution in [3.63, 3.8) is 0 Å². The highest BCUT2D eigenvalue weighted by molar-refractivity contribution is 14.1. The lowest BCUT2D eigenvalue weighted by molar-refractivity contribution is -0.129. The maximum Gasteiger partial charge on any atom is 0.410 e. The summed E-state index contributed by atoms with van der Waals surface area (Å²) in [6.45, 7) is 10.2. The number of amides is 2. The van der Waals surface area contributed by atoms with Crippen molar-refractivity contribution in [3.05, 3.63) is 32.4 Å². The van der Waals surface area contributed by atoms with Crippen LogP contribution in [0.15, 0.2) is 6.20 Å². The van der Waals surface area contributed by atoms with E-state index in [0.29, 0.717) is 31.7 Å². The average Bonchev–Trinajstić information content (AvgIpc) is 3.38. The Morgan fingerprint density at radius 3 is 2.43 bits per heavy atom. The van der Waals surface area contributed by atoms with Crippen LogP contribution in [0.4, 0.5) is 4.79 Å². The Morgan fingerprint density at radius 1 is 1.00 bits per heavy atom. The van der Waals surface area contributed by atoms with Gasteiger partial charge >= 0.3 is 6.09 Å². The standard InChI is InChI=1S/C25H35IN6O3/c1-16(33)30-12-9-22-20(15-30)23(26)28-32(22)19-5-6-21-17(13-19)14-27-31(21)18-7-10-29(11-8-18)24(34)35-25(2,3)4/h14,18-19H,5-13,15H2,1-4H3. The first-order valence-electron chi connectivity index (χ1n) is 12.6. The second-order valence-electron chi connectivity index (χ2n) is 11.0. The molecule has 2 aromatic heterocycles. The van der Waals surface area contributed by atoms with Gasteiger partial charge in [-0.3, -0.25) is 14.2 Å². The van der Waals surface area contributed by atoms with Crippen molar-refractivity contribution in [3.8, 4) is 0 Å². The summed E-state index contributed by atoms with van der Waals surface area (Å²) < 4.78 is 11.0. The molecular weight excluding hydrogens is 559 g/mol. The van der Waals surface area contributed by atoms with Gasteiger partial charge in [0.05, 0.1) is 24.8 Å². The number of likely N-dealkylation sites (tertiary alicyclic amines) is 1. The molecule has 0 spiro atoms. The van der Waals surface area contributed by atoms with E-state index in [2.05, 4.69) is 32.0 Å². The van der Waals surface area contributed by atoms with Gasteiger partial charge in [0.1, 0.15) is 9.30 Å². The van der Waals surface area contributed by atoms with E-state index in [0.717, 1.165) is 48.8 Å². The summed E-state index contributed by atoms with van der Waals surface area (Å²) >= 11 is 2.32. The molecule has 1 saturated heterocycles. The number of ether oxygens (including phenoxy) is 1. The molecule has 5 rings (SSSR count). The number of nitrogens with zero attached hydrogens (tertiary/aromatic N) is 6. The second kappa shape index (κ2) is 9.40. The Balaban J connectivity index is 1.25. The van der Waals surface area contributed by atoms with Crippen molar-refractivity contribution in [2.75, 3.05) is 19.6 Å². The van der Waals surface area contributed by atoms with E-state index in [1.54, 1.807) is 6.92 Å². The molecule has 1 unspecified atom stereocenters. The first kappa shape index (κ1) is 24.6. The fourth-order valence-electron chi connectivity index (χ4n) is 5.65. The lowest BCUT2D eigenvalue weighted by Gasteiger charge is -2.34. The summed E-state index contributed by atoms with van der Waals surface area (Å²) in [5.74, 6) is 0.130. The third-order valence-electron chi connectivity index (χ3n) is 7.45. The SMILES string of the molecule is CC(=O)N1CCc2c(c(I)nn2C2CCc3c(cnn3C3CCN(C(=O)OC(C)(C)C)CC3)C2)C1. The van der Waals surface area contributed by atoms with E-state index in [1.807, 2.05) is 36.8 Å². The summed E-state index contributed by atoms with van der Waals surface area (Å²) in [4.78, 5) is 28.0. The number of carbonyl (C=O) groups is 2. The molecular formula is C25H35IN6O3. The molecule has 0 N–H and O–H groups in total. The number of fused-ring (bicyclic) bond motifs is 2. The van der Waals surface area contributed by atoms with Gasteiger partial charge in [-0.2, -0.15) is 10.2 Å². The minimum Gasteiger partial charge on any atom is -0.444 e. The van der Waals surface area contributed by atoms with E-state index in [-0.39, 0.29) is 12.0 Å². The molecule has 190 valence electrons. The highest BCUT2D eigenvalue weighted by Gasteiger charge is 2.33. The maximum atomic E-state index is 12.4. The predicted octanol–water partition coefficient (Wildman–Crippen LogP) is 3.89. The normalized spacial score (nSPS) is 21.0. The Labute approximate surface area is 220 Å². The Morgan fingerprint density at radius 2 is 1.74 bits per heavy atom. The van der Waals surface area contributed by atoms with Gasteiger partial charge in [-0.15, -0.1) is 0 Å². The van der Waals surface area contributed by atoms with Gasteiger partial charge in [-0.25, -0.2) is 4.79 Å². The van der Waals surface area contributed by atoms with E-state index in [9.17, 15) is 9.59 Å². The molecule has 2 amide bonds. The average molecular weight is 594 g/mol. The first-order chi connectivity index (χ1) is 16.6. The lowest BCUT2D eigenvalue weighted by atomic mass is 9.92. The Bertz CT molecular complexity index is 1130. The zero-order valence-electron chi connectivity index (χ0n) is 21.1. The van der Waals surface area contributed by atoms with E-state index in [1.165, 1.54) is 22.5 Å². The Kier molecular flexibility index (Phi) is 6.60. The maximum absolute atomic E-state index is 12.4. The van der Waals surface area contributed by atoms with Gasteiger partial charge in [-0.1, -0.05) is 0 Å². The summed E-state index contributed by atoms with van der Waals surface area (Å²) in [6.07, 6.45) is 7.44. The summed E-state index contributed by atoms with van der Waals surface area (Å²) in [5, 5.41) is 9.73. The number of rotatable bonds is 2. The molecule has 0 bridgehead atoms. The highest BCUT2D eigenvalue weighted by Crippen LogP contribution is 2.35. The van der Waals surface area contributed by atoms with E-state index in [4.69, 9.17) is 14.9 Å². The monoisotopic (exact) mass is 594 g/mol. The smallest absolute Gasteiger partial charge is 0.410 e. The van der Waals surface area contributed by atoms with Gasteiger partial charge in [-0.05, 0) is 81.0 Å². The molecule has 0 aromatic carbocycles. The number of hydrogen-bond acceptors (Lipinski definition) is 5. The van der Waals surface area contributed by atoms with Crippen LogP contribution in [0.2, 0.25) is 0 Å². The molecule has 1 atom stereocenters. The van der Waals surface area contributed by atoms with Gasteiger partial charge in [0.25, 0.3) is 0 Å². The number of halogens is 1. The third-order valence-corrected chi connectivity index (χ3v) is 8.31. The van der Waals surface area contributed by atoms with E-state index >= 15 is 0 Å². The van der Waals surface area contributed by atoms with Crippen LogP contribution in [-0.2, 0) is 35.3 Å². The van der Waals surface area contributed by atoms with Gasteiger partial charge < -0.3 is 14.5 Å². The molecule has 0 saturated carbocycles. The highest BCUT2D eigenvalue weighted by atomic mass is 127. The largest absolute Gasteiger partial charge is 0.444 e. The lowest BCUT2D eigenvalue weighted by Crippen LogP contribution is -2.42. The Hall–Kier alpha value is -2.11. The third kappa shape index (κ3) is 4.95. The van der Waals surface area contributed by atoms with Crippen LogP contribution in [0, 0.1) is 3.70 Å². The molecule has 35 heavy (non-hydrogen) atoms. The molecule has 10 heteroatoms. The van der Waals surface area contributed by atoms with Crippen molar-refractivity contribution in [2.24, 2.45) is 0 Å². The first-order valence-corrected chi connectivity index (χ1v) is 13.7. The quantitative estimate of drug-likeness (QED) is 0.493. The zero-order chi connectivity index (χ0) is 24.9. The van der Waals surface area contributed by atoms with Crippen molar-refractivity contribution >= 4 is 34.6 Å². The molecule has 4 heterocycles. The number of piperidine rings is 1. The van der Waals surface area contributed by atoms with Crippen LogP contribution in [0.25, 0.3) is 0 Å². The molecule has 1 fully saturated rings.